The molecule has 0 aliphatic heterocycles. The quantitative estimate of drug-likeness (QED) is 0.801. The average molecular weight is 231 g/mol. The molecule has 0 saturated heterocycles. The number of carboxylic acid groups (broad SMARTS) is 1. The predicted octanol–water partition coefficient (Wildman–Crippen LogP) is 1.17. The van der Waals surface area contributed by atoms with E-state index in [0.717, 1.165) is 0 Å². The zero-order valence-electron chi connectivity index (χ0n) is 8.99. The number of carboxylic acids is 1. The maximum atomic E-state index is 11.2. The lowest BCUT2D eigenvalue weighted by Crippen LogP contribution is -2.05. The van der Waals surface area contributed by atoms with Crippen LogP contribution in [0.2, 0.25) is 0 Å². The van der Waals surface area contributed by atoms with E-state index in [2.05, 4.69) is 9.97 Å². The maximum Gasteiger partial charge on any atom is 0.352 e. The van der Waals surface area contributed by atoms with Gasteiger partial charge in [0.05, 0.1) is 18.1 Å². The molecule has 86 valence electrons. The average Bonchev–Trinajstić information content (AvgIpc) is 2.75. The first-order valence-corrected chi connectivity index (χ1v) is 4.81. The lowest BCUT2D eigenvalue weighted by molar-refractivity contribution is 0.0688. The number of rotatable bonds is 3. The highest BCUT2D eigenvalue weighted by atomic mass is 16.4. The molecule has 6 nitrogen and oxygen atoms in total. The van der Waals surface area contributed by atoms with Gasteiger partial charge < -0.3 is 9.67 Å². The fourth-order valence-corrected chi connectivity index (χ4v) is 1.45. The molecule has 0 saturated carbocycles. The number of ketones is 1. The number of nitrogens with zero attached hydrogens (tertiary/aromatic N) is 3. The molecule has 6 heteroatoms. The lowest BCUT2D eigenvalue weighted by Gasteiger charge is -2.03. The van der Waals surface area contributed by atoms with Gasteiger partial charge in [0, 0.05) is 11.8 Å². The minimum absolute atomic E-state index is 0.00463. The summed E-state index contributed by atoms with van der Waals surface area (Å²) in [6, 6.07) is 1.33. The largest absolute Gasteiger partial charge is 0.477 e. The summed E-state index contributed by atoms with van der Waals surface area (Å²) in [5, 5.41) is 9.05. The second-order valence-electron chi connectivity index (χ2n) is 3.44. The molecule has 2 aromatic rings. The van der Waals surface area contributed by atoms with E-state index in [0.29, 0.717) is 11.3 Å². The van der Waals surface area contributed by atoms with Crippen LogP contribution in [0, 0.1) is 0 Å². The third-order valence-corrected chi connectivity index (χ3v) is 2.27. The van der Waals surface area contributed by atoms with Gasteiger partial charge in [-0.05, 0) is 13.0 Å². The Balaban J connectivity index is 2.60. The summed E-state index contributed by atoms with van der Waals surface area (Å²) in [7, 11) is 0. The van der Waals surface area contributed by atoms with Gasteiger partial charge in [-0.3, -0.25) is 4.79 Å². The lowest BCUT2D eigenvalue weighted by atomic mass is 10.2. The number of hydrogen-bond acceptors (Lipinski definition) is 4. The third kappa shape index (κ3) is 2.05. The molecule has 2 heterocycles. The van der Waals surface area contributed by atoms with E-state index in [1.165, 1.54) is 42.5 Å². The highest BCUT2D eigenvalue weighted by molar-refractivity contribution is 5.97. The van der Waals surface area contributed by atoms with Crippen LogP contribution in [0.5, 0.6) is 0 Å². The summed E-state index contributed by atoms with van der Waals surface area (Å²) < 4.78 is 1.37. The number of aromatic nitrogens is 3. The zero-order chi connectivity index (χ0) is 12.4. The van der Waals surface area contributed by atoms with Crippen LogP contribution < -0.4 is 0 Å². The maximum absolute atomic E-state index is 11.2. The molecular weight excluding hydrogens is 222 g/mol. The van der Waals surface area contributed by atoms with E-state index in [4.69, 9.17) is 5.11 Å². The van der Waals surface area contributed by atoms with E-state index in [9.17, 15) is 9.59 Å². The van der Waals surface area contributed by atoms with Gasteiger partial charge in [0.15, 0.2) is 5.78 Å². The molecule has 0 atom stereocenters. The summed E-state index contributed by atoms with van der Waals surface area (Å²) >= 11 is 0. The minimum atomic E-state index is -1.11. The Bertz CT molecular complexity index is 575. The van der Waals surface area contributed by atoms with Crippen LogP contribution in [-0.2, 0) is 0 Å². The molecule has 0 bridgehead atoms. The summed E-state index contributed by atoms with van der Waals surface area (Å²) in [6.45, 7) is 1.38. The molecule has 0 aliphatic rings. The number of aromatic carboxylic acids is 1. The van der Waals surface area contributed by atoms with Gasteiger partial charge in [0.2, 0.25) is 0 Å². The second-order valence-corrected chi connectivity index (χ2v) is 3.44. The van der Waals surface area contributed by atoms with Crippen molar-refractivity contribution in [1.82, 2.24) is 14.5 Å². The van der Waals surface area contributed by atoms with Crippen LogP contribution in [0.3, 0.4) is 0 Å². The van der Waals surface area contributed by atoms with Crippen LogP contribution in [0.1, 0.15) is 27.8 Å². The fraction of sp³-hybridized carbons (Fsp3) is 0.0909. The van der Waals surface area contributed by atoms with E-state index < -0.39 is 5.97 Å². The SMILES string of the molecule is CC(=O)c1cc(C(=O)O)n(-c2cncnc2)c1. The van der Waals surface area contributed by atoms with Crippen LogP contribution in [0.25, 0.3) is 5.69 Å². The topological polar surface area (TPSA) is 85.1 Å². The number of hydrogen-bond donors (Lipinski definition) is 1. The Hall–Kier alpha value is -2.50. The molecule has 2 aromatic heterocycles. The number of Topliss-reactive ketones (excluding diaryl/α,β-unsaturated/α-hetero) is 1. The van der Waals surface area contributed by atoms with Gasteiger partial charge in [-0.25, -0.2) is 14.8 Å². The zero-order valence-corrected chi connectivity index (χ0v) is 8.99. The Labute approximate surface area is 96.6 Å². The molecule has 0 unspecified atom stereocenters. The second kappa shape index (κ2) is 4.17. The van der Waals surface area contributed by atoms with Gasteiger partial charge in [0.25, 0.3) is 0 Å². The summed E-state index contributed by atoms with van der Waals surface area (Å²) in [4.78, 5) is 29.9. The smallest absolute Gasteiger partial charge is 0.352 e. The molecule has 0 aromatic carbocycles. The van der Waals surface area contributed by atoms with Crippen molar-refractivity contribution in [1.29, 1.82) is 0 Å². The van der Waals surface area contributed by atoms with Crippen molar-refractivity contribution in [2.75, 3.05) is 0 Å². The van der Waals surface area contributed by atoms with E-state index in [1.807, 2.05) is 0 Å². The van der Waals surface area contributed by atoms with E-state index >= 15 is 0 Å². The first kappa shape index (κ1) is 11.0. The molecule has 2 rings (SSSR count). The first-order valence-electron chi connectivity index (χ1n) is 4.81. The summed E-state index contributed by atoms with van der Waals surface area (Å²) in [5.74, 6) is -1.30. The van der Waals surface area contributed by atoms with Crippen LogP contribution >= 0.6 is 0 Å². The molecule has 1 N–H and O–H groups in total. The number of carbonyl (C=O) groups excluding carboxylic acids is 1. The van der Waals surface area contributed by atoms with Gasteiger partial charge in [-0.15, -0.1) is 0 Å². The first-order chi connectivity index (χ1) is 8.09. The van der Waals surface area contributed by atoms with Crippen molar-refractivity contribution < 1.29 is 14.7 Å². The van der Waals surface area contributed by atoms with Gasteiger partial charge in [-0.1, -0.05) is 0 Å². The molecule has 0 radical (unpaired) electrons. The predicted molar refractivity (Wildman–Crippen MR) is 58.3 cm³/mol. The van der Waals surface area contributed by atoms with Crippen molar-refractivity contribution in [3.63, 3.8) is 0 Å². The van der Waals surface area contributed by atoms with Crippen LogP contribution in [-0.4, -0.2) is 31.4 Å². The molecular formula is C11H9N3O3. The Morgan fingerprint density at radius 3 is 2.47 bits per heavy atom. The van der Waals surface area contributed by atoms with E-state index in [1.54, 1.807) is 0 Å². The van der Waals surface area contributed by atoms with Crippen LogP contribution in [0.15, 0.2) is 31.0 Å². The van der Waals surface area contributed by atoms with Gasteiger partial charge in [0.1, 0.15) is 12.0 Å². The normalized spacial score (nSPS) is 10.2. The monoisotopic (exact) mass is 231 g/mol. The van der Waals surface area contributed by atoms with Gasteiger partial charge >= 0.3 is 5.97 Å². The van der Waals surface area contributed by atoms with Crippen LogP contribution in [0.4, 0.5) is 0 Å². The summed E-state index contributed by atoms with van der Waals surface area (Å²) in [6.07, 6.45) is 5.76. The summed E-state index contributed by atoms with van der Waals surface area (Å²) in [5.41, 5.74) is 0.841. The molecule has 0 amide bonds. The molecule has 0 fully saturated rings. The molecule has 17 heavy (non-hydrogen) atoms. The Morgan fingerprint density at radius 1 is 1.29 bits per heavy atom. The van der Waals surface area contributed by atoms with E-state index in [-0.39, 0.29) is 11.5 Å². The van der Waals surface area contributed by atoms with Crippen molar-refractivity contribution in [2.45, 2.75) is 6.92 Å². The van der Waals surface area contributed by atoms with Gasteiger partial charge in [-0.2, -0.15) is 0 Å². The minimum Gasteiger partial charge on any atom is -0.477 e. The third-order valence-electron chi connectivity index (χ3n) is 2.27. The van der Waals surface area contributed by atoms with Crippen molar-refractivity contribution in [3.8, 4) is 5.69 Å². The number of carbonyl (C=O) groups is 2. The Morgan fingerprint density at radius 2 is 1.94 bits per heavy atom. The highest BCUT2D eigenvalue weighted by Crippen LogP contribution is 2.15. The standard InChI is InChI=1S/C11H9N3O3/c1-7(15)8-2-10(11(16)17)14(5-8)9-3-12-6-13-4-9/h2-6H,1H3,(H,16,17). The van der Waals surface area contributed by atoms with Crippen molar-refractivity contribution in [2.24, 2.45) is 0 Å². The fourth-order valence-electron chi connectivity index (χ4n) is 1.45. The highest BCUT2D eigenvalue weighted by Gasteiger charge is 2.15. The molecule has 0 aliphatic carbocycles. The van der Waals surface area contributed by atoms with Crippen molar-refractivity contribution in [3.05, 3.63) is 42.2 Å². The van der Waals surface area contributed by atoms with Crippen molar-refractivity contribution >= 4 is 11.8 Å². The molecule has 0 spiro atoms. The Kier molecular flexibility index (Phi) is 2.70.